The van der Waals surface area contributed by atoms with Gasteiger partial charge in [-0.25, -0.2) is 4.68 Å². The Labute approximate surface area is 132 Å². The smallest absolute Gasteiger partial charge is 0.242 e. The summed E-state index contributed by atoms with van der Waals surface area (Å²) >= 11 is 0. The summed E-state index contributed by atoms with van der Waals surface area (Å²) in [6, 6.07) is 7.42. The number of aromatic nitrogens is 2. The van der Waals surface area contributed by atoms with Gasteiger partial charge in [0.25, 0.3) is 0 Å². The molecule has 7 nitrogen and oxygen atoms in total. The molecule has 4 rings (SSSR count). The van der Waals surface area contributed by atoms with Crippen molar-refractivity contribution in [1.82, 2.24) is 15.1 Å². The Kier molecular flexibility index (Phi) is 2.90. The third-order valence-corrected chi connectivity index (χ3v) is 4.43. The zero-order chi connectivity index (χ0) is 16.0. The van der Waals surface area contributed by atoms with Gasteiger partial charge in [-0.1, -0.05) is 6.07 Å². The number of carbonyl (C=O) groups is 2. The average Bonchev–Trinajstić information content (AvgIpc) is 3.13. The number of amides is 2. The number of hydrogen-bond acceptors (Lipinski definition) is 5. The van der Waals surface area contributed by atoms with E-state index in [1.165, 1.54) is 0 Å². The molecule has 2 aliphatic heterocycles. The second-order valence-electron chi connectivity index (χ2n) is 5.72. The number of benzene rings is 1. The van der Waals surface area contributed by atoms with Gasteiger partial charge in [0.2, 0.25) is 11.8 Å². The number of imide groups is 1. The summed E-state index contributed by atoms with van der Waals surface area (Å²) in [6.45, 7) is 0.225. The summed E-state index contributed by atoms with van der Waals surface area (Å²) in [5.74, 6) is 0.707. The molecule has 0 radical (unpaired) electrons. The zero-order valence-electron chi connectivity index (χ0n) is 12.5. The molecule has 0 aliphatic carbocycles. The van der Waals surface area contributed by atoms with E-state index in [0.29, 0.717) is 23.6 Å². The second kappa shape index (κ2) is 4.84. The normalized spacial score (nSPS) is 22.7. The van der Waals surface area contributed by atoms with Crippen LogP contribution >= 0.6 is 0 Å². The van der Waals surface area contributed by atoms with Crippen LogP contribution < -0.4 is 14.8 Å². The van der Waals surface area contributed by atoms with Crippen molar-refractivity contribution in [2.24, 2.45) is 0 Å². The minimum absolute atomic E-state index is 0.225. The van der Waals surface area contributed by atoms with Gasteiger partial charge in [0.1, 0.15) is 23.5 Å². The summed E-state index contributed by atoms with van der Waals surface area (Å²) in [6.07, 6.45) is 2.31. The number of piperidine rings is 1. The van der Waals surface area contributed by atoms with Gasteiger partial charge in [0.05, 0.1) is 19.0 Å². The maximum atomic E-state index is 12.5. The van der Waals surface area contributed by atoms with E-state index in [0.717, 1.165) is 5.69 Å². The molecule has 1 N–H and O–H groups in total. The fourth-order valence-electron chi connectivity index (χ4n) is 3.20. The summed E-state index contributed by atoms with van der Waals surface area (Å²) in [5.41, 5.74) is 0.596. The van der Waals surface area contributed by atoms with E-state index in [2.05, 4.69) is 10.4 Å². The molecule has 2 aliphatic rings. The largest absolute Gasteiger partial charge is 0.497 e. The average molecular weight is 313 g/mol. The lowest BCUT2D eigenvalue weighted by Crippen LogP contribution is -2.53. The van der Waals surface area contributed by atoms with Gasteiger partial charge in [0.15, 0.2) is 5.75 Å². The number of rotatable bonds is 2. The Bertz CT molecular complexity index is 813. The van der Waals surface area contributed by atoms with E-state index in [1.807, 2.05) is 24.3 Å². The lowest BCUT2D eigenvalue weighted by molar-refractivity contribution is -0.138. The molecule has 23 heavy (non-hydrogen) atoms. The molecule has 1 fully saturated rings. The molecule has 3 heterocycles. The molecule has 0 saturated carbocycles. The van der Waals surface area contributed by atoms with Crippen LogP contribution in [0.25, 0.3) is 5.69 Å². The number of methoxy groups -OCH3 is 1. The van der Waals surface area contributed by atoms with Crippen LogP contribution in [0.3, 0.4) is 0 Å². The first-order chi connectivity index (χ1) is 11.1. The van der Waals surface area contributed by atoms with Gasteiger partial charge < -0.3 is 9.47 Å². The van der Waals surface area contributed by atoms with Gasteiger partial charge in [-0.2, -0.15) is 5.10 Å². The SMILES string of the molecule is COc1cccc(-n2ncc3c2C2(CCC(=O)NC2=O)CO3)c1. The van der Waals surface area contributed by atoms with Crippen molar-refractivity contribution >= 4 is 11.8 Å². The van der Waals surface area contributed by atoms with Gasteiger partial charge in [0, 0.05) is 12.5 Å². The first-order valence-corrected chi connectivity index (χ1v) is 7.34. The molecule has 1 spiro atoms. The molecule has 7 heteroatoms. The molecule has 1 saturated heterocycles. The van der Waals surface area contributed by atoms with Crippen molar-refractivity contribution in [3.05, 3.63) is 36.2 Å². The highest BCUT2D eigenvalue weighted by Gasteiger charge is 2.53. The fourth-order valence-corrected chi connectivity index (χ4v) is 3.20. The fraction of sp³-hybridized carbons (Fsp3) is 0.312. The predicted molar refractivity (Wildman–Crippen MR) is 79.7 cm³/mol. The molecular formula is C16H15N3O4. The van der Waals surface area contributed by atoms with E-state index in [4.69, 9.17) is 9.47 Å². The van der Waals surface area contributed by atoms with Gasteiger partial charge in [-0.05, 0) is 18.6 Å². The summed E-state index contributed by atoms with van der Waals surface area (Å²) < 4.78 is 12.6. The number of nitrogens with zero attached hydrogens (tertiary/aromatic N) is 2. The molecule has 1 atom stereocenters. The Balaban J connectivity index is 1.84. The number of carbonyl (C=O) groups excluding carboxylic acids is 2. The number of ether oxygens (including phenoxy) is 2. The van der Waals surface area contributed by atoms with Crippen molar-refractivity contribution < 1.29 is 19.1 Å². The highest BCUT2D eigenvalue weighted by atomic mass is 16.5. The topological polar surface area (TPSA) is 82.5 Å². The molecule has 118 valence electrons. The summed E-state index contributed by atoms with van der Waals surface area (Å²) in [5, 5.41) is 6.78. The zero-order valence-corrected chi connectivity index (χ0v) is 12.5. The van der Waals surface area contributed by atoms with Crippen LogP contribution in [-0.2, 0) is 15.0 Å². The van der Waals surface area contributed by atoms with Crippen molar-refractivity contribution in [2.75, 3.05) is 13.7 Å². The van der Waals surface area contributed by atoms with Gasteiger partial charge >= 0.3 is 0 Å². The molecular weight excluding hydrogens is 298 g/mol. The van der Waals surface area contributed by atoms with Crippen molar-refractivity contribution in [1.29, 1.82) is 0 Å². The van der Waals surface area contributed by atoms with E-state index in [-0.39, 0.29) is 24.8 Å². The Morgan fingerprint density at radius 3 is 3.04 bits per heavy atom. The minimum Gasteiger partial charge on any atom is -0.497 e. The Morgan fingerprint density at radius 1 is 1.39 bits per heavy atom. The van der Waals surface area contributed by atoms with Crippen LogP contribution in [0, 0.1) is 0 Å². The van der Waals surface area contributed by atoms with E-state index in [1.54, 1.807) is 18.0 Å². The van der Waals surface area contributed by atoms with E-state index < -0.39 is 5.41 Å². The minimum atomic E-state index is -0.872. The van der Waals surface area contributed by atoms with Crippen molar-refractivity contribution in [3.63, 3.8) is 0 Å². The van der Waals surface area contributed by atoms with Gasteiger partial charge in [-0.15, -0.1) is 0 Å². The lowest BCUT2D eigenvalue weighted by Gasteiger charge is -2.30. The number of fused-ring (bicyclic) bond motifs is 2. The molecule has 1 unspecified atom stereocenters. The number of nitrogens with one attached hydrogen (secondary N) is 1. The third-order valence-electron chi connectivity index (χ3n) is 4.43. The van der Waals surface area contributed by atoms with E-state index in [9.17, 15) is 9.59 Å². The van der Waals surface area contributed by atoms with Crippen LogP contribution in [0.2, 0.25) is 0 Å². The first kappa shape index (κ1) is 13.8. The van der Waals surface area contributed by atoms with Crippen LogP contribution in [-0.4, -0.2) is 35.3 Å². The first-order valence-electron chi connectivity index (χ1n) is 7.34. The Hall–Kier alpha value is -2.83. The van der Waals surface area contributed by atoms with Crippen LogP contribution in [0.1, 0.15) is 18.5 Å². The Morgan fingerprint density at radius 2 is 2.26 bits per heavy atom. The monoisotopic (exact) mass is 313 g/mol. The highest BCUT2D eigenvalue weighted by molar-refractivity contribution is 6.04. The predicted octanol–water partition coefficient (Wildman–Crippen LogP) is 0.948. The van der Waals surface area contributed by atoms with Crippen LogP contribution in [0.4, 0.5) is 0 Å². The number of hydrogen-bond donors (Lipinski definition) is 1. The summed E-state index contributed by atoms with van der Waals surface area (Å²) in [7, 11) is 1.59. The molecule has 1 aromatic carbocycles. The quantitative estimate of drug-likeness (QED) is 0.835. The van der Waals surface area contributed by atoms with Crippen LogP contribution in [0.15, 0.2) is 30.5 Å². The van der Waals surface area contributed by atoms with E-state index >= 15 is 0 Å². The maximum Gasteiger partial charge on any atom is 0.242 e. The van der Waals surface area contributed by atoms with Gasteiger partial charge in [-0.3, -0.25) is 14.9 Å². The molecule has 0 bridgehead atoms. The summed E-state index contributed by atoms with van der Waals surface area (Å²) in [4.78, 5) is 24.0. The second-order valence-corrected chi connectivity index (χ2v) is 5.72. The van der Waals surface area contributed by atoms with Crippen molar-refractivity contribution in [2.45, 2.75) is 18.3 Å². The third kappa shape index (κ3) is 1.93. The lowest BCUT2D eigenvalue weighted by atomic mass is 9.78. The molecule has 2 amide bonds. The molecule has 2 aromatic rings. The molecule has 1 aromatic heterocycles. The highest BCUT2D eigenvalue weighted by Crippen LogP contribution is 2.44. The van der Waals surface area contributed by atoms with Crippen LogP contribution in [0.5, 0.6) is 11.5 Å². The van der Waals surface area contributed by atoms with Crippen molar-refractivity contribution in [3.8, 4) is 17.2 Å². The maximum absolute atomic E-state index is 12.5. The standard InChI is InChI=1S/C16H15N3O4/c1-22-11-4-2-3-10(7-11)19-14-12(8-17-19)23-9-16(14)6-5-13(20)18-15(16)21/h2-4,7-8H,5-6,9H2,1H3,(H,18,20,21).